The molecule has 24 heavy (non-hydrogen) atoms. The number of ether oxygens (including phenoxy) is 3. The molecule has 0 aliphatic carbocycles. The zero-order valence-electron chi connectivity index (χ0n) is 13.1. The molecule has 0 heterocycles. The van der Waals surface area contributed by atoms with Crippen molar-refractivity contribution in [2.24, 2.45) is 0 Å². The minimum atomic E-state index is -0.670. The van der Waals surface area contributed by atoms with Gasteiger partial charge in [0.15, 0.2) is 0 Å². The Morgan fingerprint density at radius 1 is 1.38 bits per heavy atom. The van der Waals surface area contributed by atoms with Gasteiger partial charge in [0.25, 0.3) is 0 Å². The highest BCUT2D eigenvalue weighted by Crippen LogP contribution is 2.18. The van der Waals surface area contributed by atoms with Gasteiger partial charge in [0.05, 0.1) is 12.5 Å². The van der Waals surface area contributed by atoms with E-state index in [-0.39, 0.29) is 36.7 Å². The Kier molecular flexibility index (Phi) is 7.71. The molecule has 0 saturated heterocycles. The summed E-state index contributed by atoms with van der Waals surface area (Å²) in [6.45, 7) is 4.52. The predicted molar refractivity (Wildman–Crippen MR) is 83.0 cm³/mol. The first-order chi connectivity index (χ1) is 11.4. The van der Waals surface area contributed by atoms with E-state index in [1.165, 1.54) is 25.1 Å². The third-order valence-corrected chi connectivity index (χ3v) is 2.59. The molecule has 0 unspecified atom stereocenters. The molecule has 0 fully saturated rings. The number of nitrogens with zero attached hydrogens (tertiary/aromatic N) is 1. The number of esters is 2. The van der Waals surface area contributed by atoms with E-state index in [1.807, 2.05) is 6.07 Å². The summed E-state index contributed by atoms with van der Waals surface area (Å²) in [6, 6.07) is 5.77. The highest BCUT2D eigenvalue weighted by atomic mass is 19.1. The largest absolute Gasteiger partial charge is 0.461 e. The topological polar surface area (TPSA) is 85.6 Å². The first-order valence-electron chi connectivity index (χ1n) is 6.91. The van der Waals surface area contributed by atoms with E-state index >= 15 is 0 Å². The summed E-state index contributed by atoms with van der Waals surface area (Å²) in [6.07, 6.45) is 2.40. The van der Waals surface area contributed by atoms with Gasteiger partial charge in [-0.05, 0) is 25.1 Å². The quantitative estimate of drug-likeness (QED) is 0.315. The van der Waals surface area contributed by atoms with Crippen LogP contribution in [-0.2, 0) is 19.1 Å². The lowest BCUT2D eigenvalue weighted by Gasteiger charge is -2.08. The van der Waals surface area contributed by atoms with Gasteiger partial charge in [0.2, 0.25) is 6.79 Å². The summed E-state index contributed by atoms with van der Waals surface area (Å²) in [5.74, 6) is -1.74. The lowest BCUT2D eigenvalue weighted by molar-refractivity contribution is -0.145. The zero-order chi connectivity index (χ0) is 17.9. The number of rotatable bonds is 8. The van der Waals surface area contributed by atoms with Crippen LogP contribution in [0.1, 0.15) is 18.9 Å². The summed E-state index contributed by atoms with van der Waals surface area (Å²) in [5.41, 5.74) is 0.380. The fourth-order valence-corrected chi connectivity index (χ4v) is 1.41. The second-order valence-electron chi connectivity index (χ2n) is 4.57. The third kappa shape index (κ3) is 6.75. The van der Waals surface area contributed by atoms with Gasteiger partial charge in [-0.2, -0.15) is 5.26 Å². The van der Waals surface area contributed by atoms with Crippen molar-refractivity contribution in [3.8, 4) is 11.8 Å². The summed E-state index contributed by atoms with van der Waals surface area (Å²) in [5, 5.41) is 8.32. The van der Waals surface area contributed by atoms with Crippen LogP contribution in [0.2, 0.25) is 0 Å². The second kappa shape index (κ2) is 9.79. The van der Waals surface area contributed by atoms with Crippen molar-refractivity contribution >= 4 is 18.0 Å². The molecule has 0 amide bonds. The van der Waals surface area contributed by atoms with E-state index in [9.17, 15) is 14.0 Å². The van der Waals surface area contributed by atoms with Crippen LogP contribution >= 0.6 is 0 Å². The maximum absolute atomic E-state index is 13.9. The number of nitriles is 1. The van der Waals surface area contributed by atoms with E-state index < -0.39 is 17.8 Å². The van der Waals surface area contributed by atoms with E-state index in [1.54, 1.807) is 0 Å². The molecule has 0 aliphatic heterocycles. The molecule has 6 nitrogen and oxygen atoms in total. The van der Waals surface area contributed by atoms with Gasteiger partial charge in [-0.3, -0.25) is 0 Å². The molecule has 0 bridgehead atoms. The molecule has 1 rings (SSSR count). The van der Waals surface area contributed by atoms with Gasteiger partial charge in [0.1, 0.15) is 18.2 Å². The van der Waals surface area contributed by atoms with E-state index in [0.717, 1.165) is 12.1 Å². The molecule has 1 aromatic rings. The Morgan fingerprint density at radius 3 is 2.75 bits per heavy atom. The van der Waals surface area contributed by atoms with Gasteiger partial charge in [0, 0.05) is 23.3 Å². The predicted octanol–water partition coefficient (Wildman–Crippen LogP) is 2.75. The van der Waals surface area contributed by atoms with Crippen molar-refractivity contribution in [1.82, 2.24) is 0 Å². The number of benzene rings is 1. The normalized spacial score (nSPS) is 10.0. The molecule has 0 atom stereocenters. The van der Waals surface area contributed by atoms with Gasteiger partial charge in [-0.15, -0.1) is 0 Å². The molecular formula is C17H16FNO5. The Bertz CT molecular complexity index is 691. The second-order valence-corrected chi connectivity index (χ2v) is 4.57. The smallest absolute Gasteiger partial charge is 0.335 e. The molecular weight excluding hydrogens is 317 g/mol. The van der Waals surface area contributed by atoms with Crippen LogP contribution in [0.15, 0.2) is 36.4 Å². The molecule has 0 aliphatic rings. The van der Waals surface area contributed by atoms with E-state index in [0.29, 0.717) is 0 Å². The monoisotopic (exact) mass is 333 g/mol. The standard InChI is InChI=1S/C17H16FNO5/c1-12(2)17(21)24-11-23-14-6-4-13(15(18)10-14)5-7-16(20)22-9-3-8-19/h4-7,10H,1,3,9,11H2,2H3/b7-5+. The molecule has 1 aromatic carbocycles. The van der Waals surface area contributed by atoms with Gasteiger partial charge in [-0.1, -0.05) is 6.58 Å². The van der Waals surface area contributed by atoms with E-state index in [2.05, 4.69) is 6.58 Å². The molecule has 126 valence electrons. The molecule has 0 saturated carbocycles. The number of hydrogen-bond donors (Lipinski definition) is 0. The van der Waals surface area contributed by atoms with Gasteiger partial charge < -0.3 is 14.2 Å². The number of carbonyl (C=O) groups is 2. The Balaban J connectivity index is 2.55. The summed E-state index contributed by atoms with van der Waals surface area (Å²) in [4.78, 5) is 22.5. The van der Waals surface area contributed by atoms with Crippen LogP contribution in [0.5, 0.6) is 5.75 Å². The third-order valence-electron chi connectivity index (χ3n) is 2.59. The summed E-state index contributed by atoms with van der Waals surface area (Å²) >= 11 is 0. The molecule has 0 spiro atoms. The van der Waals surface area contributed by atoms with Gasteiger partial charge in [-0.25, -0.2) is 14.0 Å². The number of hydrogen-bond acceptors (Lipinski definition) is 6. The maximum atomic E-state index is 13.9. The average molecular weight is 333 g/mol. The minimum absolute atomic E-state index is 0.0160. The van der Waals surface area contributed by atoms with Crippen molar-refractivity contribution in [2.45, 2.75) is 13.3 Å². The minimum Gasteiger partial charge on any atom is -0.461 e. The van der Waals surface area contributed by atoms with Gasteiger partial charge >= 0.3 is 11.9 Å². The highest BCUT2D eigenvalue weighted by Gasteiger charge is 2.06. The zero-order valence-corrected chi connectivity index (χ0v) is 13.1. The Labute approximate surface area is 138 Å². The lowest BCUT2D eigenvalue weighted by Crippen LogP contribution is -2.10. The van der Waals surface area contributed by atoms with Crippen molar-refractivity contribution < 1.29 is 28.2 Å². The van der Waals surface area contributed by atoms with Crippen LogP contribution in [-0.4, -0.2) is 25.3 Å². The van der Waals surface area contributed by atoms with Crippen molar-refractivity contribution in [1.29, 1.82) is 5.26 Å². The average Bonchev–Trinajstić information content (AvgIpc) is 2.54. The van der Waals surface area contributed by atoms with Crippen LogP contribution in [0.3, 0.4) is 0 Å². The van der Waals surface area contributed by atoms with Crippen molar-refractivity contribution in [3.05, 3.63) is 47.8 Å². The fraction of sp³-hybridized carbons (Fsp3) is 0.235. The highest BCUT2D eigenvalue weighted by molar-refractivity contribution is 5.87. The Hall–Kier alpha value is -3.14. The first kappa shape index (κ1) is 18.9. The van der Waals surface area contributed by atoms with Crippen LogP contribution in [0.4, 0.5) is 4.39 Å². The van der Waals surface area contributed by atoms with Crippen LogP contribution in [0.25, 0.3) is 6.08 Å². The first-order valence-corrected chi connectivity index (χ1v) is 6.91. The number of halogens is 1. The maximum Gasteiger partial charge on any atom is 0.335 e. The molecule has 7 heteroatoms. The van der Waals surface area contributed by atoms with Crippen molar-refractivity contribution in [3.63, 3.8) is 0 Å². The van der Waals surface area contributed by atoms with Crippen molar-refractivity contribution in [2.75, 3.05) is 13.4 Å². The SMILES string of the molecule is C=C(C)C(=O)OCOc1ccc(/C=C/C(=O)OCCC#N)c(F)c1. The van der Waals surface area contributed by atoms with E-state index in [4.69, 9.17) is 19.5 Å². The lowest BCUT2D eigenvalue weighted by atomic mass is 10.2. The Morgan fingerprint density at radius 2 is 2.12 bits per heavy atom. The fourth-order valence-electron chi connectivity index (χ4n) is 1.41. The summed E-state index contributed by atoms with van der Waals surface area (Å²) in [7, 11) is 0. The number of carbonyl (C=O) groups excluding carboxylic acids is 2. The molecule has 0 radical (unpaired) electrons. The summed E-state index contributed by atoms with van der Waals surface area (Å²) < 4.78 is 28.4. The van der Waals surface area contributed by atoms with Crippen LogP contribution in [0, 0.1) is 17.1 Å². The van der Waals surface area contributed by atoms with Crippen LogP contribution < -0.4 is 4.74 Å². The molecule has 0 aromatic heterocycles. The molecule has 0 N–H and O–H groups in total.